The second-order valence-corrected chi connectivity index (χ2v) is 13.2. The lowest BCUT2D eigenvalue weighted by atomic mass is 9.77. The fourth-order valence-electron chi connectivity index (χ4n) is 6.16. The molecule has 0 aromatic heterocycles. The van der Waals surface area contributed by atoms with Gasteiger partial charge in [0.15, 0.2) is 11.5 Å². The van der Waals surface area contributed by atoms with Crippen LogP contribution in [-0.2, 0) is 9.59 Å². The number of rotatable bonds is 15. The minimum Gasteiger partial charge on any atom is -0.481 e. The molecule has 0 aliphatic carbocycles. The third-order valence-corrected chi connectivity index (χ3v) is 8.19. The Hall–Kier alpha value is -2.58. The van der Waals surface area contributed by atoms with Crippen LogP contribution in [0.4, 0.5) is 0 Å². The van der Waals surface area contributed by atoms with Crippen LogP contribution in [-0.4, -0.2) is 98.0 Å². The predicted molar refractivity (Wildman–Crippen MR) is 159 cm³/mol. The Morgan fingerprint density at radius 3 is 2.48 bits per heavy atom. The number of aliphatic carboxylic acids is 1. The molecule has 1 saturated heterocycles. The molecule has 1 fully saturated rings. The standard InChI is InChI=1S/C32H51N3O5/c1-8-10-16-33(17-11-12-18-35(5,6)7)29(36)22-34-21-25(24-13-14-27-28(19-24)40-23-39-27)30(31(37)38)26(34)20-32(3,4)15-9-2/h9,13-15,19,25-26,30H,8,10-12,16-18,20-23H2,1-7H3/p+1/b15-9+. The molecule has 3 unspecified atom stereocenters. The van der Waals surface area contributed by atoms with E-state index in [-0.39, 0.29) is 36.6 Å². The zero-order valence-electron chi connectivity index (χ0n) is 25.8. The highest BCUT2D eigenvalue weighted by atomic mass is 16.7. The molecule has 1 amide bonds. The van der Waals surface area contributed by atoms with E-state index in [9.17, 15) is 14.7 Å². The minimum absolute atomic E-state index is 0.100. The molecule has 3 atom stereocenters. The maximum atomic E-state index is 13.8. The van der Waals surface area contributed by atoms with Crippen molar-refractivity contribution < 1.29 is 28.7 Å². The maximum Gasteiger partial charge on any atom is 0.308 e. The first kappa shape index (κ1) is 31.9. The first-order valence-corrected chi connectivity index (χ1v) is 14.9. The lowest BCUT2D eigenvalue weighted by molar-refractivity contribution is -0.870. The van der Waals surface area contributed by atoms with E-state index in [4.69, 9.17) is 9.47 Å². The first-order chi connectivity index (χ1) is 18.8. The Kier molecular flexibility index (Phi) is 11.1. The highest BCUT2D eigenvalue weighted by molar-refractivity contribution is 5.79. The molecule has 40 heavy (non-hydrogen) atoms. The molecule has 2 heterocycles. The molecule has 8 nitrogen and oxygen atoms in total. The molecule has 0 bridgehead atoms. The number of allylic oxidation sites excluding steroid dienone is 2. The number of likely N-dealkylation sites (tertiary alicyclic amines) is 1. The number of benzene rings is 1. The van der Waals surface area contributed by atoms with Crippen molar-refractivity contribution in [3.63, 3.8) is 0 Å². The van der Waals surface area contributed by atoms with Crippen molar-refractivity contribution in [2.45, 2.75) is 71.8 Å². The van der Waals surface area contributed by atoms with Crippen molar-refractivity contribution in [2.24, 2.45) is 11.3 Å². The van der Waals surface area contributed by atoms with Crippen molar-refractivity contribution in [1.29, 1.82) is 0 Å². The lowest BCUT2D eigenvalue weighted by Crippen LogP contribution is -2.46. The average Bonchev–Trinajstić information content (AvgIpc) is 3.46. The molecule has 1 aromatic carbocycles. The largest absolute Gasteiger partial charge is 0.481 e. The third kappa shape index (κ3) is 8.71. The molecule has 0 spiro atoms. The summed E-state index contributed by atoms with van der Waals surface area (Å²) in [6, 6.07) is 5.47. The number of carbonyl (C=O) groups is 2. The predicted octanol–water partition coefficient (Wildman–Crippen LogP) is 4.99. The summed E-state index contributed by atoms with van der Waals surface area (Å²) in [5.41, 5.74) is 0.717. The monoisotopic (exact) mass is 558 g/mol. The van der Waals surface area contributed by atoms with Crippen molar-refractivity contribution in [1.82, 2.24) is 9.80 Å². The number of unbranched alkanes of at least 4 members (excludes halogenated alkanes) is 2. The van der Waals surface area contributed by atoms with E-state index in [1.54, 1.807) is 0 Å². The minimum atomic E-state index is -0.818. The molecule has 8 heteroatoms. The van der Waals surface area contributed by atoms with Crippen LogP contribution < -0.4 is 9.47 Å². The molecular weight excluding hydrogens is 506 g/mol. The van der Waals surface area contributed by atoms with E-state index in [0.29, 0.717) is 24.5 Å². The van der Waals surface area contributed by atoms with Gasteiger partial charge in [-0.25, -0.2) is 0 Å². The highest BCUT2D eigenvalue weighted by Gasteiger charge is 2.48. The number of ether oxygens (including phenoxy) is 2. The number of hydrogen-bond donors (Lipinski definition) is 1. The van der Waals surface area contributed by atoms with Gasteiger partial charge in [0.2, 0.25) is 12.7 Å². The van der Waals surface area contributed by atoms with E-state index in [1.807, 2.05) is 36.1 Å². The van der Waals surface area contributed by atoms with Crippen LogP contribution in [0.5, 0.6) is 11.5 Å². The molecule has 224 valence electrons. The number of hydrogen-bond acceptors (Lipinski definition) is 5. The van der Waals surface area contributed by atoms with Crippen molar-refractivity contribution in [2.75, 3.05) is 60.7 Å². The van der Waals surface area contributed by atoms with Crippen molar-refractivity contribution in [3.8, 4) is 11.5 Å². The summed E-state index contributed by atoms with van der Waals surface area (Å²) in [5.74, 6) is -0.263. The van der Waals surface area contributed by atoms with Crippen LogP contribution in [0, 0.1) is 11.3 Å². The van der Waals surface area contributed by atoms with Crippen molar-refractivity contribution >= 4 is 11.9 Å². The number of carboxylic acid groups (broad SMARTS) is 1. The van der Waals surface area contributed by atoms with E-state index in [2.05, 4.69) is 52.9 Å². The second kappa shape index (κ2) is 13.9. The molecule has 1 N–H and O–H groups in total. The Balaban J connectivity index is 1.85. The fraction of sp³-hybridized carbons (Fsp3) is 0.688. The number of amides is 1. The molecular formula is C32H52N3O5+. The number of carbonyl (C=O) groups excluding carboxylic acids is 1. The molecule has 0 saturated carbocycles. The van der Waals surface area contributed by atoms with Crippen molar-refractivity contribution in [3.05, 3.63) is 35.9 Å². The van der Waals surface area contributed by atoms with Crippen LogP contribution in [0.1, 0.15) is 71.3 Å². The fourth-order valence-corrected chi connectivity index (χ4v) is 6.16. The summed E-state index contributed by atoms with van der Waals surface area (Å²) in [4.78, 5) is 30.8. The van der Waals surface area contributed by atoms with Crippen LogP contribution in [0.15, 0.2) is 30.4 Å². The number of carboxylic acids is 1. The molecule has 1 aromatic rings. The van der Waals surface area contributed by atoms with Gasteiger partial charge in [-0.05, 0) is 55.7 Å². The van der Waals surface area contributed by atoms with Crippen LogP contribution >= 0.6 is 0 Å². The molecule has 2 aliphatic rings. The number of fused-ring (bicyclic) bond motifs is 1. The van der Waals surface area contributed by atoms with Gasteiger partial charge in [-0.1, -0.05) is 45.4 Å². The molecule has 2 aliphatic heterocycles. The topological polar surface area (TPSA) is 79.3 Å². The van der Waals surface area contributed by atoms with E-state index < -0.39 is 11.9 Å². The van der Waals surface area contributed by atoms with Gasteiger partial charge in [0, 0.05) is 31.6 Å². The van der Waals surface area contributed by atoms with E-state index in [0.717, 1.165) is 55.4 Å². The average molecular weight is 559 g/mol. The quantitative estimate of drug-likeness (QED) is 0.186. The summed E-state index contributed by atoms with van der Waals surface area (Å²) in [6.07, 6.45) is 8.85. The van der Waals surface area contributed by atoms with E-state index in [1.165, 1.54) is 0 Å². The maximum absolute atomic E-state index is 13.8. The zero-order valence-corrected chi connectivity index (χ0v) is 25.8. The normalized spacial score (nSPS) is 21.3. The number of nitrogens with zero attached hydrogens (tertiary/aromatic N) is 3. The first-order valence-electron chi connectivity index (χ1n) is 14.9. The Morgan fingerprint density at radius 1 is 1.12 bits per heavy atom. The van der Waals surface area contributed by atoms with Gasteiger partial charge in [0.1, 0.15) is 0 Å². The van der Waals surface area contributed by atoms with Gasteiger partial charge >= 0.3 is 5.97 Å². The lowest BCUT2D eigenvalue weighted by Gasteiger charge is -2.34. The zero-order chi connectivity index (χ0) is 29.5. The Morgan fingerprint density at radius 2 is 1.82 bits per heavy atom. The second-order valence-electron chi connectivity index (χ2n) is 13.2. The summed E-state index contributed by atoms with van der Waals surface area (Å²) in [6.45, 7) is 11.9. The van der Waals surface area contributed by atoms with Gasteiger partial charge in [0.25, 0.3) is 0 Å². The SMILES string of the molecule is C/C=C/C(C)(C)CC1C(C(=O)O)C(c2ccc3c(c2)OCO3)CN1CC(=O)N(CCCC)CCCC[N+](C)(C)C. The third-order valence-electron chi connectivity index (χ3n) is 8.19. The summed E-state index contributed by atoms with van der Waals surface area (Å²) < 4.78 is 12.0. The number of quaternary nitrogens is 1. The van der Waals surface area contributed by atoms with Gasteiger partial charge < -0.3 is 24.0 Å². The van der Waals surface area contributed by atoms with Crippen LogP contribution in [0.2, 0.25) is 0 Å². The highest BCUT2D eigenvalue weighted by Crippen LogP contribution is 2.45. The summed E-state index contributed by atoms with van der Waals surface area (Å²) >= 11 is 0. The Labute approximate surface area is 241 Å². The van der Waals surface area contributed by atoms with Gasteiger partial charge in [-0.15, -0.1) is 0 Å². The van der Waals surface area contributed by atoms with Gasteiger partial charge in [0.05, 0.1) is 40.2 Å². The molecule has 3 rings (SSSR count). The smallest absolute Gasteiger partial charge is 0.308 e. The summed E-state index contributed by atoms with van der Waals surface area (Å²) in [7, 11) is 6.58. The van der Waals surface area contributed by atoms with Gasteiger partial charge in [-0.2, -0.15) is 0 Å². The molecule has 0 radical (unpaired) electrons. The van der Waals surface area contributed by atoms with Crippen LogP contribution in [0.3, 0.4) is 0 Å². The summed E-state index contributed by atoms with van der Waals surface area (Å²) in [5, 5.41) is 10.5. The van der Waals surface area contributed by atoms with E-state index >= 15 is 0 Å². The van der Waals surface area contributed by atoms with Crippen LogP contribution in [0.25, 0.3) is 0 Å². The van der Waals surface area contributed by atoms with Gasteiger partial charge in [-0.3, -0.25) is 14.5 Å². The Bertz CT molecular complexity index is 1030.